The van der Waals surface area contributed by atoms with Crippen molar-refractivity contribution in [1.29, 1.82) is 0 Å². The molecular formula is C18H30N4O. The number of carbonyl (C=O) groups is 1. The van der Waals surface area contributed by atoms with Crippen LogP contribution in [0.4, 0.5) is 0 Å². The van der Waals surface area contributed by atoms with Crippen LogP contribution in [0, 0.1) is 0 Å². The number of imidazole rings is 1. The van der Waals surface area contributed by atoms with Crippen LogP contribution in [0.15, 0.2) is 12.4 Å². The van der Waals surface area contributed by atoms with Crippen LogP contribution in [0.1, 0.15) is 70.7 Å². The van der Waals surface area contributed by atoms with Crippen LogP contribution in [0.3, 0.4) is 0 Å². The summed E-state index contributed by atoms with van der Waals surface area (Å²) in [5.74, 6) is 1.40. The Morgan fingerprint density at radius 3 is 2.65 bits per heavy atom. The number of nitrogens with one attached hydrogen (secondary N) is 1. The maximum atomic E-state index is 12.5. The van der Waals surface area contributed by atoms with E-state index in [-0.39, 0.29) is 11.9 Å². The average molecular weight is 318 g/mol. The van der Waals surface area contributed by atoms with E-state index in [4.69, 9.17) is 0 Å². The summed E-state index contributed by atoms with van der Waals surface area (Å²) in [7, 11) is 0. The van der Waals surface area contributed by atoms with Crippen LogP contribution in [0.2, 0.25) is 0 Å². The molecule has 3 rings (SSSR count). The van der Waals surface area contributed by atoms with Gasteiger partial charge < -0.3 is 9.88 Å². The number of amides is 1. The highest BCUT2D eigenvalue weighted by molar-refractivity contribution is 5.79. The summed E-state index contributed by atoms with van der Waals surface area (Å²) < 4.78 is 2.00. The van der Waals surface area contributed by atoms with Gasteiger partial charge in [0.25, 0.3) is 0 Å². The molecule has 1 N–H and O–H groups in total. The van der Waals surface area contributed by atoms with Crippen LogP contribution in [0.5, 0.6) is 0 Å². The van der Waals surface area contributed by atoms with Crippen molar-refractivity contribution in [3.05, 3.63) is 18.2 Å². The predicted molar refractivity (Wildman–Crippen MR) is 91.4 cm³/mol. The largest absolute Gasteiger partial charge is 0.354 e. The van der Waals surface area contributed by atoms with E-state index in [2.05, 4.69) is 29.0 Å². The van der Waals surface area contributed by atoms with E-state index < -0.39 is 0 Å². The predicted octanol–water partition coefficient (Wildman–Crippen LogP) is 2.70. The third-order valence-electron chi connectivity index (χ3n) is 5.71. The monoisotopic (exact) mass is 318 g/mol. The van der Waals surface area contributed by atoms with E-state index in [0.717, 1.165) is 18.8 Å². The fourth-order valence-electron chi connectivity index (χ4n) is 4.43. The van der Waals surface area contributed by atoms with Gasteiger partial charge in [0, 0.05) is 30.4 Å². The molecule has 2 fully saturated rings. The first-order valence-electron chi connectivity index (χ1n) is 9.09. The second kappa shape index (κ2) is 6.63. The summed E-state index contributed by atoms with van der Waals surface area (Å²) in [4.78, 5) is 19.5. The summed E-state index contributed by atoms with van der Waals surface area (Å²) in [6.07, 6.45) is 10.0. The maximum Gasteiger partial charge on any atom is 0.242 e. The summed E-state index contributed by atoms with van der Waals surface area (Å²) in [6.45, 7) is 9.45. The van der Waals surface area contributed by atoms with Crippen LogP contribution in [-0.2, 0) is 4.79 Å². The minimum Gasteiger partial charge on any atom is -0.354 e. The van der Waals surface area contributed by atoms with Crippen molar-refractivity contribution in [2.75, 3.05) is 19.6 Å². The molecule has 0 radical (unpaired) electrons. The van der Waals surface area contributed by atoms with Crippen molar-refractivity contribution in [1.82, 2.24) is 19.8 Å². The average Bonchev–Trinajstić information content (AvgIpc) is 3.20. The number of fused-ring (bicyclic) bond motifs is 1. The van der Waals surface area contributed by atoms with Crippen LogP contribution >= 0.6 is 0 Å². The van der Waals surface area contributed by atoms with Gasteiger partial charge in [0.15, 0.2) is 0 Å². The number of rotatable bonds is 6. The molecule has 128 valence electrons. The molecule has 0 spiro atoms. The highest BCUT2D eigenvalue weighted by Gasteiger charge is 2.43. The molecule has 1 amide bonds. The first-order chi connectivity index (χ1) is 11.0. The number of hydrogen-bond donors (Lipinski definition) is 1. The van der Waals surface area contributed by atoms with E-state index in [1.54, 1.807) is 6.20 Å². The van der Waals surface area contributed by atoms with Gasteiger partial charge in [-0.25, -0.2) is 4.98 Å². The third kappa shape index (κ3) is 3.16. The van der Waals surface area contributed by atoms with E-state index in [9.17, 15) is 4.79 Å². The molecule has 1 atom stereocenters. The van der Waals surface area contributed by atoms with Crippen molar-refractivity contribution in [2.24, 2.45) is 0 Å². The van der Waals surface area contributed by atoms with Crippen molar-refractivity contribution in [3.63, 3.8) is 0 Å². The van der Waals surface area contributed by atoms with Gasteiger partial charge in [0.05, 0.1) is 0 Å². The molecule has 5 heteroatoms. The maximum absolute atomic E-state index is 12.5. The molecule has 1 aromatic rings. The molecule has 2 aliphatic heterocycles. The zero-order valence-corrected chi connectivity index (χ0v) is 14.7. The zero-order chi connectivity index (χ0) is 16.4. The number of nitrogens with zero attached hydrogens (tertiary/aromatic N) is 3. The van der Waals surface area contributed by atoms with Gasteiger partial charge in [-0.05, 0) is 52.1 Å². The molecule has 0 saturated carbocycles. The van der Waals surface area contributed by atoms with E-state index in [1.807, 2.05) is 17.7 Å². The molecule has 2 aliphatic rings. The molecule has 1 unspecified atom stereocenters. The Labute approximate surface area is 139 Å². The van der Waals surface area contributed by atoms with Gasteiger partial charge in [0.1, 0.15) is 11.9 Å². The van der Waals surface area contributed by atoms with Crippen molar-refractivity contribution >= 4 is 5.91 Å². The molecule has 0 aliphatic carbocycles. The number of carbonyl (C=O) groups excluding carboxylic acids is 1. The van der Waals surface area contributed by atoms with E-state index >= 15 is 0 Å². The van der Waals surface area contributed by atoms with Gasteiger partial charge in [-0.15, -0.1) is 0 Å². The quantitative estimate of drug-likeness (QED) is 0.877. The van der Waals surface area contributed by atoms with Gasteiger partial charge >= 0.3 is 0 Å². The highest BCUT2D eigenvalue weighted by Crippen LogP contribution is 2.40. The fourth-order valence-corrected chi connectivity index (χ4v) is 4.43. The Balaban J connectivity index is 1.54. The summed E-state index contributed by atoms with van der Waals surface area (Å²) in [5, 5.41) is 3.16. The van der Waals surface area contributed by atoms with Crippen LogP contribution in [0.25, 0.3) is 0 Å². The highest BCUT2D eigenvalue weighted by atomic mass is 16.2. The molecular weight excluding hydrogens is 288 g/mol. The minimum absolute atomic E-state index is 0.101. The lowest BCUT2D eigenvalue weighted by atomic mass is 9.90. The van der Waals surface area contributed by atoms with Crippen molar-refractivity contribution < 1.29 is 4.79 Å². The Kier molecular flexibility index (Phi) is 4.76. The summed E-state index contributed by atoms with van der Waals surface area (Å²) in [6, 6.07) is -0.198. The van der Waals surface area contributed by atoms with E-state index in [0.29, 0.717) is 11.5 Å². The lowest BCUT2D eigenvalue weighted by Gasteiger charge is -2.32. The van der Waals surface area contributed by atoms with Crippen LogP contribution < -0.4 is 5.32 Å². The van der Waals surface area contributed by atoms with Crippen molar-refractivity contribution in [2.45, 2.75) is 70.4 Å². The van der Waals surface area contributed by atoms with Gasteiger partial charge in [0.2, 0.25) is 5.91 Å². The van der Waals surface area contributed by atoms with E-state index in [1.165, 1.54) is 38.8 Å². The zero-order valence-electron chi connectivity index (χ0n) is 14.7. The number of hydrogen-bond acceptors (Lipinski definition) is 3. The minimum atomic E-state index is -0.198. The summed E-state index contributed by atoms with van der Waals surface area (Å²) in [5.41, 5.74) is 0.384. The molecule has 5 nitrogen and oxygen atoms in total. The smallest absolute Gasteiger partial charge is 0.242 e. The second-order valence-corrected chi connectivity index (χ2v) is 7.48. The molecule has 1 aromatic heterocycles. The van der Waals surface area contributed by atoms with Gasteiger partial charge in [-0.2, -0.15) is 0 Å². The second-order valence-electron chi connectivity index (χ2n) is 7.48. The first kappa shape index (κ1) is 16.5. The molecule has 0 aromatic carbocycles. The first-order valence-corrected chi connectivity index (χ1v) is 9.09. The Bertz CT molecular complexity index is 541. The Morgan fingerprint density at radius 1 is 1.30 bits per heavy atom. The lowest BCUT2D eigenvalue weighted by molar-refractivity contribution is -0.124. The molecule has 2 saturated heterocycles. The molecule has 0 bridgehead atoms. The standard InChI is InChI=1S/C18H30N4O/c1-14(2)16-19-10-13-22(16)15(3)17(23)20-9-8-18-6-4-11-21(18)12-5-7-18/h10,13-15H,4-9,11-12H2,1-3H3,(H,20,23). The Morgan fingerprint density at radius 2 is 2.00 bits per heavy atom. The van der Waals surface area contributed by atoms with Gasteiger partial charge in [-0.3, -0.25) is 9.69 Å². The van der Waals surface area contributed by atoms with Crippen LogP contribution in [-0.4, -0.2) is 45.5 Å². The number of aromatic nitrogens is 2. The topological polar surface area (TPSA) is 50.2 Å². The van der Waals surface area contributed by atoms with Gasteiger partial charge in [-0.1, -0.05) is 13.8 Å². The fraction of sp³-hybridized carbons (Fsp3) is 0.778. The normalized spacial score (nSPS) is 21.6. The van der Waals surface area contributed by atoms with Crippen molar-refractivity contribution in [3.8, 4) is 0 Å². The Hall–Kier alpha value is -1.36. The molecule has 3 heterocycles. The lowest BCUT2D eigenvalue weighted by Crippen LogP contribution is -2.42. The third-order valence-corrected chi connectivity index (χ3v) is 5.71. The summed E-state index contributed by atoms with van der Waals surface area (Å²) >= 11 is 0. The molecule has 23 heavy (non-hydrogen) atoms. The SMILES string of the molecule is CC(C)c1nccn1C(C)C(=O)NCCC12CCCN1CCC2.